The minimum absolute atomic E-state index is 0.147. The van der Waals surface area contributed by atoms with Crippen LogP contribution in [-0.4, -0.2) is 11.6 Å². The second-order valence-electron chi connectivity index (χ2n) is 4.17. The third-order valence-corrected chi connectivity index (χ3v) is 2.46. The molecule has 1 fully saturated rings. The Morgan fingerprint density at radius 1 is 1.17 bits per heavy atom. The second-order valence-corrected chi connectivity index (χ2v) is 4.17. The van der Waals surface area contributed by atoms with Crippen molar-refractivity contribution in [3.05, 3.63) is 0 Å². The minimum atomic E-state index is -0.304. The van der Waals surface area contributed by atoms with Gasteiger partial charge in [-0.15, -0.1) is 0 Å². The predicted octanol–water partition coefficient (Wildman–Crippen LogP) is 1.83. The van der Waals surface area contributed by atoms with E-state index < -0.39 is 0 Å². The van der Waals surface area contributed by atoms with E-state index in [9.17, 15) is 9.59 Å². The van der Waals surface area contributed by atoms with Crippen LogP contribution in [0.4, 0.5) is 0 Å². The predicted molar refractivity (Wildman–Crippen MR) is 46.7 cm³/mol. The number of ketones is 2. The number of carbonyl (C=O) groups is 2. The molecule has 0 aromatic rings. The fraction of sp³-hybridized carbons (Fsp3) is 0.800. The molecule has 0 radical (unpaired) electrons. The average Bonchev–Trinajstić information content (AvgIpc) is 1.82. The molecule has 1 aliphatic carbocycles. The van der Waals surface area contributed by atoms with E-state index in [0.717, 1.165) is 0 Å². The van der Waals surface area contributed by atoms with E-state index in [4.69, 9.17) is 0 Å². The first-order chi connectivity index (χ1) is 5.52. The maximum absolute atomic E-state index is 11.4. The van der Waals surface area contributed by atoms with E-state index in [1.54, 1.807) is 0 Å². The van der Waals surface area contributed by atoms with Crippen molar-refractivity contribution in [3.63, 3.8) is 0 Å². The van der Waals surface area contributed by atoms with E-state index in [-0.39, 0.29) is 29.3 Å². The molecular weight excluding hydrogens is 152 g/mol. The Hall–Kier alpha value is -0.660. The van der Waals surface area contributed by atoms with Gasteiger partial charge in [-0.1, -0.05) is 20.8 Å². The first kappa shape index (κ1) is 9.43. The van der Waals surface area contributed by atoms with Crippen molar-refractivity contribution in [1.29, 1.82) is 0 Å². The third kappa shape index (κ3) is 1.74. The van der Waals surface area contributed by atoms with E-state index in [0.29, 0.717) is 12.8 Å². The van der Waals surface area contributed by atoms with Crippen molar-refractivity contribution in [3.8, 4) is 0 Å². The lowest BCUT2D eigenvalue weighted by molar-refractivity contribution is -0.138. The van der Waals surface area contributed by atoms with Crippen molar-refractivity contribution in [2.24, 2.45) is 17.8 Å². The highest BCUT2D eigenvalue weighted by Gasteiger charge is 2.35. The SMILES string of the molecule is CC1CC(=O)C(C(C)C)C(=O)C1. The van der Waals surface area contributed by atoms with Gasteiger partial charge < -0.3 is 0 Å². The summed E-state index contributed by atoms with van der Waals surface area (Å²) in [5, 5.41) is 0. The molecule has 0 aromatic carbocycles. The van der Waals surface area contributed by atoms with Crippen LogP contribution in [-0.2, 0) is 9.59 Å². The normalized spacial score (nSPS) is 31.3. The van der Waals surface area contributed by atoms with Gasteiger partial charge in [-0.05, 0) is 11.8 Å². The van der Waals surface area contributed by atoms with Gasteiger partial charge in [-0.2, -0.15) is 0 Å². The van der Waals surface area contributed by atoms with Crippen molar-refractivity contribution in [2.75, 3.05) is 0 Å². The van der Waals surface area contributed by atoms with Crippen LogP contribution in [0.15, 0.2) is 0 Å². The Kier molecular flexibility index (Phi) is 2.65. The zero-order valence-electron chi connectivity index (χ0n) is 7.96. The molecule has 1 saturated carbocycles. The maximum atomic E-state index is 11.4. The molecular formula is C10H16O2. The maximum Gasteiger partial charge on any atom is 0.143 e. The first-order valence-corrected chi connectivity index (χ1v) is 4.57. The summed E-state index contributed by atoms with van der Waals surface area (Å²) in [7, 11) is 0. The smallest absolute Gasteiger partial charge is 0.143 e. The fourth-order valence-corrected chi connectivity index (χ4v) is 1.94. The average molecular weight is 168 g/mol. The van der Waals surface area contributed by atoms with Crippen LogP contribution in [0.2, 0.25) is 0 Å². The van der Waals surface area contributed by atoms with Crippen molar-refractivity contribution < 1.29 is 9.59 Å². The summed E-state index contributed by atoms with van der Waals surface area (Å²) in [6, 6.07) is 0. The summed E-state index contributed by atoms with van der Waals surface area (Å²) in [5.74, 6) is 0.432. The molecule has 0 bridgehead atoms. The lowest BCUT2D eigenvalue weighted by Crippen LogP contribution is -2.35. The molecule has 1 rings (SSSR count). The van der Waals surface area contributed by atoms with Gasteiger partial charge in [0.05, 0.1) is 5.92 Å². The number of carbonyl (C=O) groups excluding carboxylic acids is 2. The van der Waals surface area contributed by atoms with Gasteiger partial charge in [0.2, 0.25) is 0 Å². The van der Waals surface area contributed by atoms with Gasteiger partial charge in [0.1, 0.15) is 11.6 Å². The molecule has 2 heteroatoms. The summed E-state index contributed by atoms with van der Waals surface area (Å²) in [6.07, 6.45) is 1.18. The molecule has 0 aliphatic heterocycles. The standard InChI is InChI=1S/C10H16O2/c1-6(2)10-8(11)4-7(3)5-9(10)12/h6-7,10H,4-5H2,1-3H3. The van der Waals surface area contributed by atoms with Crippen LogP contribution in [0.5, 0.6) is 0 Å². The quantitative estimate of drug-likeness (QED) is 0.560. The highest BCUT2D eigenvalue weighted by atomic mass is 16.2. The second kappa shape index (κ2) is 3.38. The van der Waals surface area contributed by atoms with Crippen molar-refractivity contribution in [1.82, 2.24) is 0 Å². The Labute approximate surface area is 73.3 Å². The van der Waals surface area contributed by atoms with Gasteiger partial charge in [0, 0.05) is 12.8 Å². The van der Waals surface area contributed by atoms with Gasteiger partial charge in [-0.3, -0.25) is 9.59 Å². The Balaban J connectivity index is 2.74. The van der Waals surface area contributed by atoms with Crippen molar-refractivity contribution >= 4 is 11.6 Å². The van der Waals surface area contributed by atoms with E-state index in [1.165, 1.54) is 0 Å². The van der Waals surface area contributed by atoms with Gasteiger partial charge in [0.25, 0.3) is 0 Å². The molecule has 68 valence electrons. The van der Waals surface area contributed by atoms with Gasteiger partial charge in [-0.25, -0.2) is 0 Å². The zero-order chi connectivity index (χ0) is 9.30. The van der Waals surface area contributed by atoms with E-state index >= 15 is 0 Å². The van der Waals surface area contributed by atoms with Crippen LogP contribution < -0.4 is 0 Å². The Bertz CT molecular complexity index is 188. The Morgan fingerprint density at radius 2 is 1.58 bits per heavy atom. The lowest BCUT2D eigenvalue weighted by Gasteiger charge is -2.26. The number of hydrogen-bond donors (Lipinski definition) is 0. The van der Waals surface area contributed by atoms with Crippen LogP contribution in [0.25, 0.3) is 0 Å². The van der Waals surface area contributed by atoms with Crippen LogP contribution in [0.3, 0.4) is 0 Å². The Morgan fingerprint density at radius 3 is 1.92 bits per heavy atom. The minimum Gasteiger partial charge on any atom is -0.299 e. The number of Topliss-reactive ketones (excluding diaryl/α,β-unsaturated/α-hetero) is 2. The van der Waals surface area contributed by atoms with Crippen LogP contribution in [0, 0.1) is 17.8 Å². The molecule has 1 aliphatic rings. The molecule has 2 nitrogen and oxygen atoms in total. The monoisotopic (exact) mass is 168 g/mol. The lowest BCUT2D eigenvalue weighted by atomic mass is 9.76. The summed E-state index contributed by atoms with van der Waals surface area (Å²) in [4.78, 5) is 22.9. The number of hydrogen-bond acceptors (Lipinski definition) is 2. The summed E-state index contributed by atoms with van der Waals surface area (Å²) < 4.78 is 0. The number of rotatable bonds is 1. The van der Waals surface area contributed by atoms with E-state index in [2.05, 4.69) is 0 Å². The fourth-order valence-electron chi connectivity index (χ4n) is 1.94. The molecule has 0 heterocycles. The molecule has 0 unspecified atom stereocenters. The highest BCUT2D eigenvalue weighted by molar-refractivity contribution is 6.04. The highest BCUT2D eigenvalue weighted by Crippen LogP contribution is 2.27. The van der Waals surface area contributed by atoms with E-state index in [1.807, 2.05) is 20.8 Å². The van der Waals surface area contributed by atoms with Gasteiger partial charge in [0.15, 0.2) is 0 Å². The largest absolute Gasteiger partial charge is 0.299 e. The van der Waals surface area contributed by atoms with Gasteiger partial charge >= 0.3 is 0 Å². The molecule has 12 heavy (non-hydrogen) atoms. The third-order valence-electron chi connectivity index (χ3n) is 2.46. The molecule has 0 amide bonds. The van der Waals surface area contributed by atoms with Crippen LogP contribution in [0.1, 0.15) is 33.6 Å². The topological polar surface area (TPSA) is 34.1 Å². The molecule has 0 spiro atoms. The molecule has 0 atom stereocenters. The summed E-state index contributed by atoms with van der Waals surface area (Å²) in [6.45, 7) is 5.85. The molecule has 0 N–H and O–H groups in total. The summed E-state index contributed by atoms with van der Waals surface area (Å²) in [5.41, 5.74) is 0. The molecule has 0 aromatic heterocycles. The zero-order valence-corrected chi connectivity index (χ0v) is 7.96. The molecule has 0 saturated heterocycles. The van der Waals surface area contributed by atoms with Crippen molar-refractivity contribution in [2.45, 2.75) is 33.6 Å². The van der Waals surface area contributed by atoms with Crippen LogP contribution >= 0.6 is 0 Å². The first-order valence-electron chi connectivity index (χ1n) is 4.57. The summed E-state index contributed by atoms with van der Waals surface area (Å²) >= 11 is 0.